The molecule has 0 radical (unpaired) electrons. The first-order valence-electron chi connectivity index (χ1n) is 7.40. The van der Waals surface area contributed by atoms with Crippen molar-refractivity contribution in [1.82, 2.24) is 15.5 Å². The van der Waals surface area contributed by atoms with Crippen LogP contribution in [0.4, 0.5) is 5.69 Å². The quantitative estimate of drug-likeness (QED) is 0.577. The highest BCUT2D eigenvalue weighted by atomic mass is 16.3. The Morgan fingerprint density at radius 1 is 1.55 bits per heavy atom. The van der Waals surface area contributed by atoms with E-state index >= 15 is 0 Å². The number of aliphatic hydroxyl groups is 1. The minimum atomic E-state index is -0.232. The van der Waals surface area contributed by atoms with Crippen LogP contribution in [0.1, 0.15) is 61.1 Å². The molecule has 1 atom stereocenters. The molecule has 1 fully saturated rings. The van der Waals surface area contributed by atoms with E-state index in [9.17, 15) is 4.79 Å². The number of carbonyl (C=O) groups excluding carboxylic acids is 1. The normalized spacial score (nSPS) is 16.1. The average molecular weight is 280 g/mol. The summed E-state index contributed by atoms with van der Waals surface area (Å²) in [5.41, 5.74) is 7.66. The van der Waals surface area contributed by atoms with Crippen LogP contribution in [0, 0.1) is 5.92 Å². The van der Waals surface area contributed by atoms with Gasteiger partial charge in [0.1, 0.15) is 0 Å². The fraction of sp³-hybridized carbons (Fsp3) is 0.714. The van der Waals surface area contributed by atoms with Crippen LogP contribution in [-0.2, 0) is 0 Å². The average Bonchev–Trinajstić information content (AvgIpc) is 3.19. The van der Waals surface area contributed by atoms with Crippen LogP contribution in [0.15, 0.2) is 0 Å². The Morgan fingerprint density at radius 2 is 2.30 bits per heavy atom. The number of carbonyl (C=O) groups is 1. The SMILES string of the molecule is CCCC(CCO)CNC(=O)c1n[nH]c(C2CC2)c1N. The third-order valence-electron chi connectivity index (χ3n) is 3.82. The van der Waals surface area contributed by atoms with Gasteiger partial charge in [-0.2, -0.15) is 5.10 Å². The van der Waals surface area contributed by atoms with Gasteiger partial charge in [0.05, 0.1) is 11.4 Å². The number of rotatable bonds is 8. The number of nitrogen functional groups attached to an aromatic ring is 1. The number of anilines is 1. The second-order valence-corrected chi connectivity index (χ2v) is 5.55. The first-order valence-corrected chi connectivity index (χ1v) is 7.40. The number of nitrogens with one attached hydrogen (secondary N) is 2. The van der Waals surface area contributed by atoms with Crippen LogP contribution in [0.5, 0.6) is 0 Å². The van der Waals surface area contributed by atoms with E-state index < -0.39 is 0 Å². The van der Waals surface area contributed by atoms with Gasteiger partial charge in [0.25, 0.3) is 5.91 Å². The maximum absolute atomic E-state index is 12.1. The van der Waals surface area contributed by atoms with E-state index in [1.165, 1.54) is 0 Å². The Bertz CT molecular complexity index is 448. The van der Waals surface area contributed by atoms with Crippen molar-refractivity contribution in [2.24, 2.45) is 5.92 Å². The minimum Gasteiger partial charge on any atom is -0.396 e. The van der Waals surface area contributed by atoms with E-state index in [-0.39, 0.29) is 12.5 Å². The number of hydrogen-bond acceptors (Lipinski definition) is 4. The number of aromatic nitrogens is 2. The van der Waals surface area contributed by atoms with Crippen LogP contribution in [0.3, 0.4) is 0 Å². The van der Waals surface area contributed by atoms with Crippen molar-refractivity contribution >= 4 is 11.6 Å². The maximum Gasteiger partial charge on any atom is 0.273 e. The lowest BCUT2D eigenvalue weighted by Gasteiger charge is -2.15. The van der Waals surface area contributed by atoms with E-state index in [1.54, 1.807) is 0 Å². The summed E-state index contributed by atoms with van der Waals surface area (Å²) in [5, 5.41) is 18.8. The molecule has 1 heterocycles. The summed E-state index contributed by atoms with van der Waals surface area (Å²) in [4.78, 5) is 12.1. The lowest BCUT2D eigenvalue weighted by Crippen LogP contribution is -2.30. The molecule has 2 rings (SSSR count). The maximum atomic E-state index is 12.1. The number of nitrogens with zero attached hydrogens (tertiary/aromatic N) is 1. The van der Waals surface area contributed by atoms with E-state index in [4.69, 9.17) is 10.8 Å². The zero-order valence-electron chi connectivity index (χ0n) is 12.0. The summed E-state index contributed by atoms with van der Waals surface area (Å²) in [6.45, 7) is 2.80. The molecule has 1 unspecified atom stereocenters. The molecule has 5 N–H and O–H groups in total. The zero-order valence-corrected chi connectivity index (χ0v) is 12.0. The molecule has 1 saturated carbocycles. The second-order valence-electron chi connectivity index (χ2n) is 5.55. The van der Waals surface area contributed by atoms with Crippen molar-refractivity contribution in [2.45, 2.75) is 44.9 Å². The monoisotopic (exact) mass is 280 g/mol. The van der Waals surface area contributed by atoms with E-state index in [0.29, 0.717) is 36.2 Å². The zero-order chi connectivity index (χ0) is 14.5. The summed E-state index contributed by atoms with van der Waals surface area (Å²) in [6, 6.07) is 0. The number of H-pyrrole nitrogens is 1. The first kappa shape index (κ1) is 14.8. The molecule has 1 aromatic rings. The Balaban J connectivity index is 1.90. The van der Waals surface area contributed by atoms with Crippen molar-refractivity contribution < 1.29 is 9.90 Å². The predicted octanol–water partition coefficient (Wildman–Crippen LogP) is 1.40. The lowest BCUT2D eigenvalue weighted by molar-refractivity contribution is 0.0938. The van der Waals surface area contributed by atoms with Gasteiger partial charge in [-0.1, -0.05) is 13.3 Å². The van der Waals surface area contributed by atoms with Gasteiger partial charge in [0.2, 0.25) is 0 Å². The molecular formula is C14H24N4O2. The van der Waals surface area contributed by atoms with Crippen LogP contribution < -0.4 is 11.1 Å². The van der Waals surface area contributed by atoms with Crippen LogP contribution in [0.25, 0.3) is 0 Å². The van der Waals surface area contributed by atoms with Gasteiger partial charge in [-0.25, -0.2) is 0 Å². The van der Waals surface area contributed by atoms with Crippen molar-refractivity contribution in [3.05, 3.63) is 11.4 Å². The second kappa shape index (κ2) is 6.74. The summed E-state index contributed by atoms with van der Waals surface area (Å²) in [5.74, 6) is 0.521. The van der Waals surface area contributed by atoms with Crippen LogP contribution >= 0.6 is 0 Å². The molecule has 1 amide bonds. The van der Waals surface area contributed by atoms with Gasteiger partial charge in [-0.15, -0.1) is 0 Å². The molecule has 112 valence electrons. The fourth-order valence-electron chi connectivity index (χ4n) is 2.48. The molecule has 0 aliphatic heterocycles. The number of aliphatic hydroxyl groups excluding tert-OH is 1. The summed E-state index contributed by atoms with van der Waals surface area (Å²) in [6.07, 6.45) is 4.96. The van der Waals surface area contributed by atoms with E-state index in [0.717, 1.165) is 31.4 Å². The van der Waals surface area contributed by atoms with Gasteiger partial charge in [0.15, 0.2) is 5.69 Å². The summed E-state index contributed by atoms with van der Waals surface area (Å²) < 4.78 is 0. The number of amides is 1. The third-order valence-corrected chi connectivity index (χ3v) is 3.82. The van der Waals surface area contributed by atoms with Crippen molar-refractivity contribution in [2.75, 3.05) is 18.9 Å². The molecule has 1 aliphatic carbocycles. The van der Waals surface area contributed by atoms with Gasteiger partial charge in [0, 0.05) is 19.1 Å². The van der Waals surface area contributed by atoms with Crippen molar-refractivity contribution in [3.8, 4) is 0 Å². The smallest absolute Gasteiger partial charge is 0.273 e. The number of hydrogen-bond donors (Lipinski definition) is 4. The molecule has 1 aromatic heterocycles. The molecule has 1 aliphatic rings. The van der Waals surface area contributed by atoms with Gasteiger partial charge in [-0.3, -0.25) is 9.89 Å². The third kappa shape index (κ3) is 3.50. The highest BCUT2D eigenvalue weighted by Crippen LogP contribution is 2.42. The molecular weight excluding hydrogens is 256 g/mol. The Morgan fingerprint density at radius 3 is 2.90 bits per heavy atom. The van der Waals surface area contributed by atoms with Crippen molar-refractivity contribution in [3.63, 3.8) is 0 Å². The predicted molar refractivity (Wildman–Crippen MR) is 77.4 cm³/mol. The molecule has 0 spiro atoms. The summed E-state index contributed by atoms with van der Waals surface area (Å²) >= 11 is 0. The van der Waals surface area contributed by atoms with Crippen LogP contribution in [0.2, 0.25) is 0 Å². The lowest BCUT2D eigenvalue weighted by atomic mass is 10.0. The van der Waals surface area contributed by atoms with E-state index in [1.807, 2.05) is 0 Å². The highest BCUT2D eigenvalue weighted by Gasteiger charge is 2.30. The minimum absolute atomic E-state index is 0.150. The number of nitrogens with two attached hydrogens (primary N) is 1. The fourth-order valence-corrected chi connectivity index (χ4v) is 2.48. The van der Waals surface area contributed by atoms with Crippen molar-refractivity contribution in [1.29, 1.82) is 0 Å². The van der Waals surface area contributed by atoms with Crippen LogP contribution in [-0.4, -0.2) is 34.4 Å². The largest absolute Gasteiger partial charge is 0.396 e. The molecule has 20 heavy (non-hydrogen) atoms. The molecule has 0 saturated heterocycles. The van der Waals surface area contributed by atoms with Gasteiger partial charge < -0.3 is 16.2 Å². The highest BCUT2D eigenvalue weighted by molar-refractivity contribution is 5.97. The Labute approximate surface area is 119 Å². The van der Waals surface area contributed by atoms with Gasteiger partial charge in [-0.05, 0) is 31.6 Å². The molecule has 6 nitrogen and oxygen atoms in total. The molecule has 0 aromatic carbocycles. The van der Waals surface area contributed by atoms with Gasteiger partial charge >= 0.3 is 0 Å². The molecule has 0 bridgehead atoms. The number of aromatic amines is 1. The topological polar surface area (TPSA) is 104 Å². The standard InChI is InChI=1S/C14H24N4O2/c1-2-3-9(6-7-19)8-16-14(20)13-11(15)12(17-18-13)10-4-5-10/h9-10,19H,2-8,15H2,1H3,(H,16,20)(H,17,18). The van der Waals surface area contributed by atoms with E-state index in [2.05, 4.69) is 22.4 Å². The Hall–Kier alpha value is -1.56. The Kier molecular flexibility index (Phi) is 5.00. The first-order chi connectivity index (χ1) is 9.67. The molecule has 6 heteroatoms. The summed E-state index contributed by atoms with van der Waals surface area (Å²) in [7, 11) is 0.